The molecule has 0 unspecified atom stereocenters. The minimum absolute atomic E-state index is 0.0430. The van der Waals surface area contributed by atoms with Gasteiger partial charge in [0, 0.05) is 12.4 Å². The molecule has 6 nitrogen and oxygen atoms in total. The van der Waals surface area contributed by atoms with Crippen molar-refractivity contribution in [3.05, 3.63) is 24.3 Å². The lowest BCUT2D eigenvalue weighted by molar-refractivity contribution is 0.0592. The molecule has 1 aromatic carbocycles. The molecule has 0 aliphatic carbocycles. The molecule has 106 valence electrons. The van der Waals surface area contributed by atoms with E-state index in [1.807, 2.05) is 18.2 Å². The maximum atomic E-state index is 11.5. The number of hydrogen-bond donors (Lipinski definition) is 1. The van der Waals surface area contributed by atoms with E-state index < -0.39 is 11.7 Å². The fourth-order valence-electron chi connectivity index (χ4n) is 1.83. The van der Waals surface area contributed by atoms with Crippen LogP contribution < -0.4 is 0 Å². The Morgan fingerprint density at radius 3 is 2.60 bits per heavy atom. The van der Waals surface area contributed by atoms with Crippen molar-refractivity contribution in [2.45, 2.75) is 26.4 Å². The van der Waals surface area contributed by atoms with E-state index in [1.165, 1.54) is 0 Å². The van der Waals surface area contributed by atoms with Crippen LogP contribution in [0.5, 0.6) is 5.88 Å². The SMILES string of the molecule is Cn1c(O)c(N=NC(=O)OC(C)(C)C)c2ccccc21. The summed E-state index contributed by atoms with van der Waals surface area (Å²) in [4.78, 5) is 11.5. The van der Waals surface area contributed by atoms with E-state index in [-0.39, 0.29) is 11.6 Å². The van der Waals surface area contributed by atoms with Gasteiger partial charge in [-0.2, -0.15) is 0 Å². The molecule has 0 spiro atoms. The highest BCUT2D eigenvalue weighted by Gasteiger charge is 2.17. The van der Waals surface area contributed by atoms with Gasteiger partial charge in [-0.05, 0) is 26.8 Å². The van der Waals surface area contributed by atoms with Gasteiger partial charge in [0.05, 0.1) is 5.52 Å². The van der Waals surface area contributed by atoms with E-state index in [0.29, 0.717) is 0 Å². The van der Waals surface area contributed by atoms with Gasteiger partial charge < -0.3 is 14.4 Å². The molecular formula is C14H17N3O3. The van der Waals surface area contributed by atoms with Crippen LogP contribution in [-0.2, 0) is 11.8 Å². The molecule has 0 saturated carbocycles. The Balaban J connectivity index is 2.35. The zero-order valence-electron chi connectivity index (χ0n) is 11.9. The molecular weight excluding hydrogens is 258 g/mol. The van der Waals surface area contributed by atoms with Crippen molar-refractivity contribution < 1.29 is 14.6 Å². The minimum Gasteiger partial charge on any atom is -0.493 e. The predicted molar refractivity (Wildman–Crippen MR) is 75.3 cm³/mol. The van der Waals surface area contributed by atoms with Crippen molar-refractivity contribution >= 4 is 22.7 Å². The van der Waals surface area contributed by atoms with Crippen molar-refractivity contribution in [3.63, 3.8) is 0 Å². The van der Waals surface area contributed by atoms with Crippen molar-refractivity contribution in [3.8, 4) is 5.88 Å². The topological polar surface area (TPSA) is 76.2 Å². The maximum absolute atomic E-state index is 11.5. The van der Waals surface area contributed by atoms with Gasteiger partial charge in [0.25, 0.3) is 0 Å². The number of aromatic hydroxyl groups is 1. The molecule has 1 heterocycles. The molecule has 1 N–H and O–H groups in total. The molecule has 0 fully saturated rings. The highest BCUT2D eigenvalue weighted by Crippen LogP contribution is 2.37. The molecule has 1 amide bonds. The monoisotopic (exact) mass is 275 g/mol. The first kappa shape index (κ1) is 14.0. The van der Waals surface area contributed by atoms with Gasteiger partial charge in [-0.15, -0.1) is 5.11 Å². The van der Waals surface area contributed by atoms with Gasteiger partial charge in [0.15, 0.2) is 5.69 Å². The van der Waals surface area contributed by atoms with E-state index in [0.717, 1.165) is 10.9 Å². The van der Waals surface area contributed by atoms with Crippen LogP contribution in [0.25, 0.3) is 10.9 Å². The number of nitrogens with zero attached hydrogens (tertiary/aromatic N) is 3. The summed E-state index contributed by atoms with van der Waals surface area (Å²) in [6.07, 6.45) is -0.787. The Labute approximate surface area is 116 Å². The van der Waals surface area contributed by atoms with Gasteiger partial charge >= 0.3 is 6.09 Å². The highest BCUT2D eigenvalue weighted by molar-refractivity contribution is 5.95. The average Bonchev–Trinajstić information content (AvgIpc) is 2.59. The highest BCUT2D eigenvalue weighted by atomic mass is 16.6. The molecule has 0 saturated heterocycles. The van der Waals surface area contributed by atoms with Crippen LogP contribution in [0.4, 0.5) is 10.5 Å². The quantitative estimate of drug-likeness (QED) is 0.802. The van der Waals surface area contributed by atoms with Crippen molar-refractivity contribution in [2.24, 2.45) is 17.3 Å². The second kappa shape index (κ2) is 4.96. The molecule has 1 aromatic heterocycles. The molecule has 0 aliphatic heterocycles. The summed E-state index contributed by atoms with van der Waals surface area (Å²) >= 11 is 0. The predicted octanol–water partition coefficient (Wildman–Crippen LogP) is 3.90. The standard InChI is InChI=1S/C14H17N3O3/c1-14(2,3)20-13(19)16-15-11-9-7-5-6-8-10(9)17(4)12(11)18/h5-8,18H,1-4H3. The van der Waals surface area contributed by atoms with E-state index >= 15 is 0 Å². The number of para-hydroxylation sites is 1. The molecule has 0 aliphatic rings. The van der Waals surface area contributed by atoms with Crippen LogP contribution >= 0.6 is 0 Å². The minimum atomic E-state index is -0.787. The number of ether oxygens (including phenoxy) is 1. The number of azo groups is 1. The number of carbonyl (C=O) groups is 1. The van der Waals surface area contributed by atoms with E-state index in [9.17, 15) is 9.90 Å². The van der Waals surface area contributed by atoms with E-state index in [2.05, 4.69) is 10.2 Å². The number of fused-ring (bicyclic) bond motifs is 1. The maximum Gasteiger partial charge on any atom is 0.452 e. The summed E-state index contributed by atoms with van der Waals surface area (Å²) in [6.45, 7) is 5.24. The lowest BCUT2D eigenvalue weighted by Gasteiger charge is -2.16. The van der Waals surface area contributed by atoms with Crippen molar-refractivity contribution in [2.75, 3.05) is 0 Å². The summed E-state index contributed by atoms with van der Waals surface area (Å²) in [6, 6.07) is 7.34. The lowest BCUT2D eigenvalue weighted by Crippen LogP contribution is -2.21. The number of aromatic nitrogens is 1. The third kappa shape index (κ3) is 2.79. The van der Waals surface area contributed by atoms with Gasteiger partial charge in [0.2, 0.25) is 5.88 Å². The Morgan fingerprint density at radius 2 is 1.95 bits per heavy atom. The number of aryl methyl sites for hydroxylation is 1. The molecule has 6 heteroatoms. The Bertz CT molecular complexity index is 681. The zero-order chi connectivity index (χ0) is 14.9. The number of benzene rings is 1. The summed E-state index contributed by atoms with van der Waals surface area (Å²) in [5.41, 5.74) is 0.439. The summed E-state index contributed by atoms with van der Waals surface area (Å²) in [5, 5.41) is 18.1. The van der Waals surface area contributed by atoms with Crippen LogP contribution in [-0.4, -0.2) is 21.4 Å². The second-order valence-corrected chi connectivity index (χ2v) is 5.43. The lowest BCUT2D eigenvalue weighted by atomic mass is 10.2. The molecule has 0 bridgehead atoms. The Hall–Kier alpha value is -2.37. The molecule has 0 radical (unpaired) electrons. The third-order valence-electron chi connectivity index (χ3n) is 2.68. The molecule has 20 heavy (non-hydrogen) atoms. The third-order valence-corrected chi connectivity index (χ3v) is 2.68. The first-order chi connectivity index (χ1) is 9.29. The van der Waals surface area contributed by atoms with Crippen LogP contribution in [0.3, 0.4) is 0 Å². The largest absolute Gasteiger partial charge is 0.493 e. The summed E-state index contributed by atoms with van der Waals surface area (Å²) in [5.74, 6) is -0.0430. The molecule has 2 aromatic rings. The molecule has 2 rings (SSSR count). The smallest absolute Gasteiger partial charge is 0.452 e. The van der Waals surface area contributed by atoms with Gasteiger partial charge in [-0.1, -0.05) is 23.3 Å². The fourth-order valence-corrected chi connectivity index (χ4v) is 1.83. The fraction of sp³-hybridized carbons (Fsp3) is 0.357. The van der Waals surface area contributed by atoms with Crippen molar-refractivity contribution in [1.82, 2.24) is 4.57 Å². The van der Waals surface area contributed by atoms with Crippen molar-refractivity contribution in [1.29, 1.82) is 0 Å². The Morgan fingerprint density at radius 1 is 1.30 bits per heavy atom. The summed E-state index contributed by atoms with van der Waals surface area (Å²) < 4.78 is 6.61. The number of hydrogen-bond acceptors (Lipinski definition) is 4. The van der Waals surface area contributed by atoms with Crippen LogP contribution in [0.2, 0.25) is 0 Å². The number of carbonyl (C=O) groups excluding carboxylic acids is 1. The first-order valence-electron chi connectivity index (χ1n) is 6.20. The van der Waals surface area contributed by atoms with E-state index in [1.54, 1.807) is 38.5 Å². The summed E-state index contributed by atoms with van der Waals surface area (Å²) in [7, 11) is 1.71. The average molecular weight is 275 g/mol. The zero-order valence-corrected chi connectivity index (χ0v) is 11.9. The van der Waals surface area contributed by atoms with Gasteiger partial charge in [-0.25, -0.2) is 4.79 Å². The van der Waals surface area contributed by atoms with Crippen LogP contribution in [0, 0.1) is 0 Å². The second-order valence-electron chi connectivity index (χ2n) is 5.43. The van der Waals surface area contributed by atoms with Gasteiger partial charge in [-0.3, -0.25) is 0 Å². The number of rotatable bonds is 1. The normalized spacial score (nSPS) is 12.2. The van der Waals surface area contributed by atoms with E-state index in [4.69, 9.17) is 4.74 Å². The van der Waals surface area contributed by atoms with Gasteiger partial charge in [0.1, 0.15) is 5.60 Å². The molecule has 0 atom stereocenters. The van der Waals surface area contributed by atoms with Crippen LogP contribution in [0.1, 0.15) is 20.8 Å². The number of amides is 1. The first-order valence-corrected chi connectivity index (χ1v) is 6.20. The Kier molecular flexibility index (Phi) is 3.48. The van der Waals surface area contributed by atoms with Crippen LogP contribution in [0.15, 0.2) is 34.5 Å².